The highest BCUT2D eigenvalue weighted by molar-refractivity contribution is 5.33. The molecule has 1 aromatic carbocycles. The van der Waals surface area contributed by atoms with Crippen LogP contribution in [0.3, 0.4) is 0 Å². The number of hydrogen-bond donors (Lipinski definition) is 1. The van der Waals surface area contributed by atoms with E-state index >= 15 is 0 Å². The molecule has 106 valence electrons. The molecule has 0 fully saturated rings. The SMILES string of the molecule is C=CCCC(O)CCCCc1cc(F)ccc1OC. The van der Waals surface area contributed by atoms with Crippen molar-refractivity contribution in [3.8, 4) is 5.75 Å². The molecule has 1 unspecified atom stereocenters. The van der Waals surface area contributed by atoms with Crippen LogP contribution in [0.25, 0.3) is 0 Å². The van der Waals surface area contributed by atoms with E-state index in [-0.39, 0.29) is 11.9 Å². The first-order valence-corrected chi connectivity index (χ1v) is 6.78. The van der Waals surface area contributed by atoms with E-state index in [4.69, 9.17) is 4.74 Å². The van der Waals surface area contributed by atoms with Gasteiger partial charge >= 0.3 is 0 Å². The Kier molecular flexibility index (Phi) is 7.19. The number of halogens is 1. The van der Waals surface area contributed by atoms with Crippen LogP contribution in [0.4, 0.5) is 4.39 Å². The molecule has 0 aliphatic rings. The number of rotatable bonds is 9. The molecule has 1 rings (SSSR count). The third-order valence-corrected chi connectivity index (χ3v) is 3.18. The van der Waals surface area contributed by atoms with Crippen molar-refractivity contribution in [2.24, 2.45) is 0 Å². The van der Waals surface area contributed by atoms with Crippen LogP contribution in [0, 0.1) is 5.82 Å². The Labute approximate surface area is 114 Å². The second-order valence-corrected chi connectivity index (χ2v) is 4.72. The van der Waals surface area contributed by atoms with Crippen molar-refractivity contribution in [1.29, 1.82) is 0 Å². The molecule has 0 heterocycles. The largest absolute Gasteiger partial charge is 0.496 e. The summed E-state index contributed by atoms with van der Waals surface area (Å²) >= 11 is 0. The van der Waals surface area contributed by atoms with Gasteiger partial charge in [0, 0.05) is 0 Å². The Bertz CT molecular complexity index is 390. The number of unbranched alkanes of at least 4 members (excludes halogenated alkanes) is 1. The van der Waals surface area contributed by atoms with Crippen molar-refractivity contribution in [3.05, 3.63) is 42.2 Å². The molecule has 19 heavy (non-hydrogen) atoms. The second kappa shape index (κ2) is 8.70. The average molecular weight is 266 g/mol. The number of hydrogen-bond acceptors (Lipinski definition) is 2. The van der Waals surface area contributed by atoms with Crippen LogP contribution >= 0.6 is 0 Å². The maximum absolute atomic E-state index is 13.2. The lowest BCUT2D eigenvalue weighted by Gasteiger charge is -2.10. The van der Waals surface area contributed by atoms with Gasteiger partial charge < -0.3 is 9.84 Å². The van der Waals surface area contributed by atoms with Gasteiger partial charge in [-0.15, -0.1) is 6.58 Å². The summed E-state index contributed by atoms with van der Waals surface area (Å²) in [7, 11) is 1.59. The van der Waals surface area contributed by atoms with Crippen LogP contribution in [0.2, 0.25) is 0 Å². The fourth-order valence-corrected chi connectivity index (χ4v) is 2.09. The van der Waals surface area contributed by atoms with Crippen LogP contribution in [-0.2, 0) is 6.42 Å². The predicted molar refractivity (Wildman–Crippen MR) is 75.9 cm³/mol. The first kappa shape index (κ1) is 15.7. The summed E-state index contributed by atoms with van der Waals surface area (Å²) in [5.74, 6) is 0.496. The lowest BCUT2D eigenvalue weighted by Crippen LogP contribution is -2.05. The number of ether oxygens (including phenoxy) is 1. The first-order valence-electron chi connectivity index (χ1n) is 6.78. The molecule has 1 N–H and O–H groups in total. The summed E-state index contributed by atoms with van der Waals surface area (Å²) < 4.78 is 18.4. The van der Waals surface area contributed by atoms with Crippen molar-refractivity contribution in [1.82, 2.24) is 0 Å². The van der Waals surface area contributed by atoms with E-state index in [2.05, 4.69) is 6.58 Å². The molecule has 0 aromatic heterocycles. The zero-order valence-electron chi connectivity index (χ0n) is 11.6. The van der Waals surface area contributed by atoms with E-state index in [1.807, 2.05) is 6.08 Å². The van der Waals surface area contributed by atoms with Crippen molar-refractivity contribution < 1.29 is 14.2 Å². The van der Waals surface area contributed by atoms with E-state index in [0.29, 0.717) is 0 Å². The lowest BCUT2D eigenvalue weighted by atomic mass is 10.0. The summed E-state index contributed by atoms with van der Waals surface area (Å²) in [5, 5.41) is 9.69. The van der Waals surface area contributed by atoms with Gasteiger partial charge in [-0.3, -0.25) is 0 Å². The molecule has 0 bridgehead atoms. The molecule has 2 nitrogen and oxygen atoms in total. The predicted octanol–water partition coefficient (Wildman–Crippen LogP) is 3.87. The van der Waals surface area contributed by atoms with Crippen LogP contribution < -0.4 is 4.74 Å². The minimum absolute atomic E-state index is 0.234. The molecule has 3 heteroatoms. The molecular formula is C16H23FO2. The van der Waals surface area contributed by atoms with Gasteiger partial charge in [0.15, 0.2) is 0 Å². The van der Waals surface area contributed by atoms with E-state index in [9.17, 15) is 9.50 Å². The molecule has 0 amide bonds. The highest BCUT2D eigenvalue weighted by Crippen LogP contribution is 2.21. The van der Waals surface area contributed by atoms with E-state index in [1.165, 1.54) is 12.1 Å². The zero-order valence-corrected chi connectivity index (χ0v) is 11.6. The smallest absolute Gasteiger partial charge is 0.123 e. The summed E-state index contributed by atoms with van der Waals surface area (Å²) in [6, 6.07) is 4.58. The van der Waals surface area contributed by atoms with Crippen molar-refractivity contribution >= 4 is 0 Å². The summed E-state index contributed by atoms with van der Waals surface area (Å²) in [6.45, 7) is 3.64. The highest BCUT2D eigenvalue weighted by Gasteiger charge is 2.06. The maximum atomic E-state index is 13.2. The highest BCUT2D eigenvalue weighted by atomic mass is 19.1. The number of methoxy groups -OCH3 is 1. The van der Waals surface area contributed by atoms with Crippen molar-refractivity contribution in [2.45, 2.75) is 44.6 Å². The molecule has 1 atom stereocenters. The van der Waals surface area contributed by atoms with Crippen LogP contribution in [0.1, 0.15) is 37.7 Å². The summed E-state index contributed by atoms with van der Waals surface area (Å²) in [4.78, 5) is 0. The monoisotopic (exact) mass is 266 g/mol. The minimum Gasteiger partial charge on any atom is -0.496 e. The van der Waals surface area contributed by atoms with E-state index in [1.54, 1.807) is 13.2 Å². The standard InChI is InChI=1S/C16H23FO2/c1-3-4-8-15(18)9-6-5-7-13-12-14(17)10-11-16(13)19-2/h3,10-12,15,18H,1,4-9H2,2H3. The Hall–Kier alpha value is -1.35. The van der Waals surface area contributed by atoms with Gasteiger partial charge in [-0.2, -0.15) is 0 Å². The number of allylic oxidation sites excluding steroid dienone is 1. The maximum Gasteiger partial charge on any atom is 0.123 e. The topological polar surface area (TPSA) is 29.5 Å². The van der Waals surface area contributed by atoms with Crippen molar-refractivity contribution in [3.63, 3.8) is 0 Å². The molecule has 0 aliphatic carbocycles. The number of benzene rings is 1. The molecule has 1 aromatic rings. The fraction of sp³-hybridized carbons (Fsp3) is 0.500. The molecule has 0 spiro atoms. The van der Waals surface area contributed by atoms with Gasteiger partial charge in [-0.25, -0.2) is 4.39 Å². The average Bonchev–Trinajstić information content (AvgIpc) is 2.41. The fourth-order valence-electron chi connectivity index (χ4n) is 2.09. The van der Waals surface area contributed by atoms with Gasteiger partial charge in [0.25, 0.3) is 0 Å². The van der Waals surface area contributed by atoms with Crippen LogP contribution in [0.5, 0.6) is 5.75 Å². The Morgan fingerprint density at radius 2 is 2.16 bits per heavy atom. The number of aliphatic hydroxyl groups excluding tert-OH is 1. The quantitative estimate of drug-likeness (QED) is 0.543. The Morgan fingerprint density at radius 3 is 2.84 bits per heavy atom. The number of aryl methyl sites for hydroxylation is 1. The third-order valence-electron chi connectivity index (χ3n) is 3.18. The summed E-state index contributed by atoms with van der Waals surface area (Å²) in [5.41, 5.74) is 0.892. The molecule has 0 aliphatic heterocycles. The summed E-state index contributed by atoms with van der Waals surface area (Å²) in [6.07, 6.45) is 6.59. The van der Waals surface area contributed by atoms with Crippen LogP contribution in [-0.4, -0.2) is 18.3 Å². The van der Waals surface area contributed by atoms with Crippen molar-refractivity contribution in [2.75, 3.05) is 7.11 Å². The van der Waals surface area contributed by atoms with Gasteiger partial charge in [0.05, 0.1) is 13.2 Å². The zero-order chi connectivity index (χ0) is 14.1. The van der Waals surface area contributed by atoms with Gasteiger partial charge in [0.1, 0.15) is 11.6 Å². The third kappa shape index (κ3) is 5.88. The number of aliphatic hydroxyl groups is 1. The van der Waals surface area contributed by atoms with Gasteiger partial charge in [-0.1, -0.05) is 12.5 Å². The Morgan fingerprint density at radius 1 is 1.37 bits per heavy atom. The van der Waals surface area contributed by atoms with E-state index < -0.39 is 0 Å². The molecular weight excluding hydrogens is 243 g/mol. The van der Waals surface area contributed by atoms with E-state index in [0.717, 1.165) is 49.8 Å². The molecule has 0 saturated heterocycles. The van der Waals surface area contributed by atoms with Gasteiger partial charge in [-0.05, 0) is 55.9 Å². The first-order chi connectivity index (χ1) is 9.17. The Balaban J connectivity index is 2.32. The molecule has 0 saturated carbocycles. The van der Waals surface area contributed by atoms with Crippen LogP contribution in [0.15, 0.2) is 30.9 Å². The minimum atomic E-state index is -0.257. The molecule has 0 radical (unpaired) electrons. The normalized spacial score (nSPS) is 12.2. The lowest BCUT2D eigenvalue weighted by molar-refractivity contribution is 0.152. The van der Waals surface area contributed by atoms with Gasteiger partial charge in [0.2, 0.25) is 0 Å². The second-order valence-electron chi connectivity index (χ2n) is 4.72.